The number of carbonyl (C=O) groups is 1. The van der Waals surface area contributed by atoms with Gasteiger partial charge in [0.25, 0.3) is 5.91 Å². The molecule has 0 saturated heterocycles. The van der Waals surface area contributed by atoms with Crippen molar-refractivity contribution < 1.29 is 4.79 Å². The number of aromatic nitrogens is 1. The van der Waals surface area contributed by atoms with Crippen molar-refractivity contribution in [2.24, 2.45) is 0 Å². The van der Waals surface area contributed by atoms with Gasteiger partial charge in [-0.15, -0.1) is 11.3 Å². The Morgan fingerprint density at radius 3 is 2.74 bits per heavy atom. The molecule has 1 aromatic carbocycles. The van der Waals surface area contributed by atoms with E-state index >= 15 is 0 Å². The Balaban J connectivity index is 2.00. The number of nitrogens with zero attached hydrogens (tertiary/aromatic N) is 2. The molecular weight excluding hydrogens is 308 g/mol. The van der Waals surface area contributed by atoms with Gasteiger partial charge in [0.15, 0.2) is 5.13 Å². The fourth-order valence-corrected chi connectivity index (χ4v) is 2.48. The van der Waals surface area contributed by atoms with Crippen molar-refractivity contribution in [3.8, 4) is 6.07 Å². The molecule has 6 heteroatoms. The Bertz CT molecular complexity index is 714. The van der Waals surface area contributed by atoms with Crippen molar-refractivity contribution in [1.29, 1.82) is 5.26 Å². The van der Waals surface area contributed by atoms with Crippen LogP contribution in [0.25, 0.3) is 0 Å². The van der Waals surface area contributed by atoms with E-state index < -0.39 is 5.91 Å². The topological polar surface area (TPSA) is 77.8 Å². The van der Waals surface area contributed by atoms with Gasteiger partial charge in [-0.25, -0.2) is 4.98 Å². The number of carbonyl (C=O) groups excluding carboxylic acids is 1. The molecule has 0 fully saturated rings. The molecule has 1 atom stereocenters. The lowest BCUT2D eigenvalue weighted by molar-refractivity contribution is -0.117. The third-order valence-electron chi connectivity index (χ3n) is 3.37. The first-order valence-electron chi connectivity index (χ1n) is 7.30. The van der Waals surface area contributed by atoms with Crippen LogP contribution in [0.5, 0.6) is 0 Å². The average molecular weight is 326 g/mol. The summed E-state index contributed by atoms with van der Waals surface area (Å²) < 4.78 is 0. The highest BCUT2D eigenvalue weighted by molar-refractivity contribution is 7.13. The molecule has 0 bridgehead atoms. The summed E-state index contributed by atoms with van der Waals surface area (Å²) in [5.41, 5.74) is 2.26. The van der Waals surface area contributed by atoms with E-state index in [-0.39, 0.29) is 11.6 Å². The Kier molecular flexibility index (Phi) is 5.89. The zero-order chi connectivity index (χ0) is 16.7. The minimum absolute atomic E-state index is 0.0113. The van der Waals surface area contributed by atoms with Gasteiger partial charge in [0.05, 0.1) is 6.04 Å². The monoisotopic (exact) mass is 326 g/mol. The van der Waals surface area contributed by atoms with Crippen molar-refractivity contribution in [3.05, 3.63) is 58.7 Å². The molecule has 0 aliphatic carbocycles. The van der Waals surface area contributed by atoms with Crippen molar-refractivity contribution in [3.63, 3.8) is 0 Å². The van der Waals surface area contributed by atoms with Crippen LogP contribution in [0.2, 0.25) is 0 Å². The molecule has 0 spiro atoms. The maximum atomic E-state index is 12.2. The first-order valence-corrected chi connectivity index (χ1v) is 8.18. The molecule has 2 rings (SSSR count). The lowest BCUT2D eigenvalue weighted by Gasteiger charge is -2.14. The van der Waals surface area contributed by atoms with Crippen LogP contribution in [0.3, 0.4) is 0 Å². The molecule has 1 unspecified atom stereocenters. The number of anilines is 1. The third-order valence-corrected chi connectivity index (χ3v) is 4.08. The molecule has 0 saturated carbocycles. The number of rotatable bonds is 6. The second-order valence-electron chi connectivity index (χ2n) is 4.94. The Morgan fingerprint density at radius 1 is 1.43 bits per heavy atom. The van der Waals surface area contributed by atoms with E-state index in [0.717, 1.165) is 12.0 Å². The average Bonchev–Trinajstić information content (AvgIpc) is 3.09. The number of amides is 1. The summed E-state index contributed by atoms with van der Waals surface area (Å²) in [5.74, 6) is -0.413. The largest absolute Gasteiger partial charge is 0.345 e. The lowest BCUT2D eigenvalue weighted by atomic mass is 10.0. The van der Waals surface area contributed by atoms with Gasteiger partial charge in [0.2, 0.25) is 0 Å². The van der Waals surface area contributed by atoms with Gasteiger partial charge >= 0.3 is 0 Å². The summed E-state index contributed by atoms with van der Waals surface area (Å²) in [7, 11) is 0. The van der Waals surface area contributed by atoms with Crippen molar-refractivity contribution >= 4 is 22.4 Å². The molecule has 0 aliphatic heterocycles. The van der Waals surface area contributed by atoms with E-state index in [1.807, 2.05) is 42.6 Å². The number of thiazole rings is 1. The van der Waals surface area contributed by atoms with E-state index in [1.54, 1.807) is 6.20 Å². The minimum atomic E-state index is -0.413. The predicted molar refractivity (Wildman–Crippen MR) is 91.8 cm³/mol. The first-order chi connectivity index (χ1) is 11.1. The van der Waals surface area contributed by atoms with Crippen LogP contribution in [0.15, 0.2) is 47.6 Å². The van der Waals surface area contributed by atoms with Gasteiger partial charge in [-0.1, -0.05) is 31.2 Å². The molecule has 0 aliphatic rings. The highest BCUT2D eigenvalue weighted by Crippen LogP contribution is 2.15. The number of nitriles is 1. The van der Waals surface area contributed by atoms with Crippen LogP contribution < -0.4 is 10.6 Å². The minimum Gasteiger partial charge on any atom is -0.345 e. The van der Waals surface area contributed by atoms with Crippen molar-refractivity contribution in [2.45, 2.75) is 26.3 Å². The summed E-state index contributed by atoms with van der Waals surface area (Å²) in [6.45, 7) is 3.99. The molecule has 0 radical (unpaired) electrons. The van der Waals surface area contributed by atoms with Gasteiger partial charge < -0.3 is 10.6 Å². The van der Waals surface area contributed by atoms with Crippen LogP contribution in [-0.4, -0.2) is 10.9 Å². The summed E-state index contributed by atoms with van der Waals surface area (Å²) in [6.07, 6.45) is 4.00. The van der Waals surface area contributed by atoms with Gasteiger partial charge in [0, 0.05) is 17.8 Å². The summed E-state index contributed by atoms with van der Waals surface area (Å²) in [5, 5.41) is 17.3. The highest BCUT2D eigenvalue weighted by Gasteiger charge is 2.13. The van der Waals surface area contributed by atoms with Crippen LogP contribution in [0.4, 0.5) is 5.13 Å². The van der Waals surface area contributed by atoms with E-state index in [4.69, 9.17) is 5.26 Å². The van der Waals surface area contributed by atoms with E-state index in [0.29, 0.717) is 5.13 Å². The number of nitrogens with one attached hydrogen (secondary N) is 2. The molecule has 23 heavy (non-hydrogen) atoms. The fraction of sp³-hybridized carbons (Fsp3) is 0.235. The van der Waals surface area contributed by atoms with Gasteiger partial charge in [-0.2, -0.15) is 5.26 Å². The Morgan fingerprint density at radius 2 is 2.17 bits per heavy atom. The lowest BCUT2D eigenvalue weighted by Crippen LogP contribution is -2.28. The maximum Gasteiger partial charge on any atom is 0.263 e. The number of hydrogen-bond donors (Lipinski definition) is 2. The second kappa shape index (κ2) is 8.11. The molecule has 1 amide bonds. The number of hydrogen-bond acceptors (Lipinski definition) is 5. The van der Waals surface area contributed by atoms with E-state index in [1.165, 1.54) is 23.1 Å². The summed E-state index contributed by atoms with van der Waals surface area (Å²) >= 11 is 1.39. The Hall–Kier alpha value is -2.65. The first kappa shape index (κ1) is 16.7. The highest BCUT2D eigenvalue weighted by atomic mass is 32.1. The molecule has 5 nitrogen and oxygen atoms in total. The zero-order valence-corrected chi connectivity index (χ0v) is 13.9. The molecule has 2 aromatic rings. The summed E-state index contributed by atoms with van der Waals surface area (Å²) in [4.78, 5) is 16.2. The third kappa shape index (κ3) is 4.66. The quantitative estimate of drug-likeness (QED) is 0.630. The van der Waals surface area contributed by atoms with E-state index in [9.17, 15) is 4.79 Å². The maximum absolute atomic E-state index is 12.2. The SMILES string of the molecule is CCc1ccc(C(C)NC(=O)/C(C#N)=C\Nc2nccs2)cc1. The Labute approximate surface area is 139 Å². The normalized spacial score (nSPS) is 12.3. The number of aryl methyl sites for hydroxylation is 1. The van der Waals surface area contributed by atoms with Crippen molar-refractivity contribution in [2.75, 3.05) is 5.32 Å². The van der Waals surface area contributed by atoms with Crippen LogP contribution in [-0.2, 0) is 11.2 Å². The fourth-order valence-electron chi connectivity index (χ4n) is 1.98. The summed E-state index contributed by atoms with van der Waals surface area (Å²) in [6, 6.07) is 9.80. The zero-order valence-electron chi connectivity index (χ0n) is 13.0. The molecule has 1 aromatic heterocycles. The molecule has 2 N–H and O–H groups in total. The second-order valence-corrected chi connectivity index (χ2v) is 5.84. The molecule has 1 heterocycles. The molecule has 118 valence electrons. The number of benzene rings is 1. The van der Waals surface area contributed by atoms with Crippen LogP contribution >= 0.6 is 11.3 Å². The van der Waals surface area contributed by atoms with Gasteiger partial charge in [0.1, 0.15) is 11.6 Å². The predicted octanol–water partition coefficient (Wildman–Crippen LogP) is 3.40. The van der Waals surface area contributed by atoms with Crippen LogP contribution in [0.1, 0.15) is 31.0 Å². The smallest absolute Gasteiger partial charge is 0.263 e. The molecular formula is C17H18N4OS. The van der Waals surface area contributed by atoms with Crippen LogP contribution in [0, 0.1) is 11.3 Å². The van der Waals surface area contributed by atoms with Gasteiger partial charge in [-0.05, 0) is 24.5 Å². The van der Waals surface area contributed by atoms with E-state index in [2.05, 4.69) is 22.5 Å². The van der Waals surface area contributed by atoms with Gasteiger partial charge in [-0.3, -0.25) is 4.79 Å². The standard InChI is InChI=1S/C17H18N4OS/c1-3-13-4-6-14(7-5-13)12(2)21-16(22)15(10-18)11-20-17-19-8-9-23-17/h4-9,11-12H,3H2,1-2H3,(H,19,20)(H,21,22)/b15-11-. The van der Waals surface area contributed by atoms with Crippen molar-refractivity contribution in [1.82, 2.24) is 10.3 Å².